The van der Waals surface area contributed by atoms with Gasteiger partial charge in [0.05, 0.1) is 5.71 Å². The van der Waals surface area contributed by atoms with Crippen LogP contribution in [0.2, 0.25) is 0 Å². The van der Waals surface area contributed by atoms with Crippen LogP contribution in [0, 0.1) is 11.7 Å². The molecule has 1 aromatic heterocycles. The van der Waals surface area contributed by atoms with Crippen LogP contribution in [0.1, 0.15) is 49.2 Å². The topological polar surface area (TPSA) is 43.1 Å². The molecular weight excluding hydrogens is 371 g/mol. The smallest absolute Gasteiger partial charge is 0.207 e. The lowest BCUT2D eigenvalue weighted by Crippen LogP contribution is -2.15. The fourth-order valence-corrected chi connectivity index (χ4v) is 4.20. The van der Waals surface area contributed by atoms with Crippen LogP contribution in [0.3, 0.4) is 0 Å². The largest absolute Gasteiger partial charge is 0.212 e. The first-order chi connectivity index (χ1) is 13.5. The Bertz CT molecular complexity index is 990. The molecule has 0 saturated carbocycles. The van der Waals surface area contributed by atoms with Gasteiger partial charge in [-0.15, -0.1) is 10.2 Å². The van der Waals surface area contributed by atoms with Crippen molar-refractivity contribution < 1.29 is 4.39 Å². The number of benzene rings is 2. The highest BCUT2D eigenvalue weighted by molar-refractivity contribution is 7.99. The highest BCUT2D eigenvalue weighted by atomic mass is 32.2. The summed E-state index contributed by atoms with van der Waals surface area (Å²) in [6, 6.07) is 15.2. The standard InChI is InChI=1S/C22H23FN4S/c1-14(2)12-16-4-6-17(7-5-16)15(3)21-24-25-22-27(21)26-20(13-28-22)18-8-10-19(23)11-9-18/h4-11,14-15H,12-13H2,1-3H3. The van der Waals surface area contributed by atoms with Crippen LogP contribution < -0.4 is 0 Å². The molecule has 2 aromatic carbocycles. The molecule has 3 aromatic rings. The molecule has 1 aliphatic rings. The average molecular weight is 395 g/mol. The Balaban J connectivity index is 1.62. The van der Waals surface area contributed by atoms with Gasteiger partial charge in [0.15, 0.2) is 5.82 Å². The third kappa shape index (κ3) is 3.87. The SMILES string of the molecule is CC(C)Cc1ccc(C(C)c2nnc3n2N=C(c2ccc(F)cc2)CS3)cc1. The molecule has 1 unspecified atom stereocenters. The maximum Gasteiger partial charge on any atom is 0.212 e. The van der Waals surface area contributed by atoms with Crippen molar-refractivity contribution in [3.63, 3.8) is 0 Å². The van der Waals surface area contributed by atoms with Crippen molar-refractivity contribution in [1.29, 1.82) is 0 Å². The van der Waals surface area contributed by atoms with Crippen molar-refractivity contribution in [2.24, 2.45) is 11.0 Å². The molecule has 0 amide bonds. The molecule has 0 spiro atoms. The van der Waals surface area contributed by atoms with E-state index in [1.807, 2.05) is 4.68 Å². The molecule has 0 aliphatic carbocycles. The molecule has 0 radical (unpaired) electrons. The number of fused-ring (bicyclic) bond motifs is 1. The minimum absolute atomic E-state index is 0.0752. The van der Waals surface area contributed by atoms with Gasteiger partial charge in [-0.05, 0) is 41.2 Å². The van der Waals surface area contributed by atoms with Gasteiger partial charge < -0.3 is 0 Å². The molecule has 6 heteroatoms. The predicted octanol–water partition coefficient (Wildman–Crippen LogP) is 5.13. The van der Waals surface area contributed by atoms with E-state index < -0.39 is 0 Å². The third-order valence-corrected chi connectivity index (χ3v) is 5.81. The maximum atomic E-state index is 13.2. The van der Waals surface area contributed by atoms with Gasteiger partial charge in [-0.25, -0.2) is 4.39 Å². The lowest BCUT2D eigenvalue weighted by Gasteiger charge is -2.17. The minimum Gasteiger partial charge on any atom is -0.207 e. The number of halogens is 1. The zero-order chi connectivity index (χ0) is 19.7. The molecule has 0 saturated heterocycles. The van der Waals surface area contributed by atoms with Crippen LogP contribution in [-0.2, 0) is 6.42 Å². The van der Waals surface area contributed by atoms with E-state index in [1.54, 1.807) is 23.9 Å². The molecule has 4 rings (SSSR count). The van der Waals surface area contributed by atoms with E-state index in [1.165, 1.54) is 23.3 Å². The normalized spacial score (nSPS) is 14.7. The van der Waals surface area contributed by atoms with Crippen molar-refractivity contribution in [3.8, 4) is 0 Å². The Morgan fingerprint density at radius 3 is 2.39 bits per heavy atom. The van der Waals surface area contributed by atoms with Gasteiger partial charge >= 0.3 is 0 Å². The summed E-state index contributed by atoms with van der Waals surface area (Å²) >= 11 is 1.60. The zero-order valence-corrected chi connectivity index (χ0v) is 17.1. The van der Waals surface area contributed by atoms with Crippen LogP contribution in [-0.4, -0.2) is 26.3 Å². The first kappa shape index (κ1) is 18.9. The summed E-state index contributed by atoms with van der Waals surface area (Å²) in [5.74, 6) is 1.99. The molecule has 2 heterocycles. The Morgan fingerprint density at radius 2 is 1.71 bits per heavy atom. The van der Waals surface area contributed by atoms with Crippen molar-refractivity contribution >= 4 is 17.5 Å². The van der Waals surface area contributed by atoms with Gasteiger partial charge in [0.25, 0.3) is 0 Å². The Labute approximate surface area is 168 Å². The van der Waals surface area contributed by atoms with E-state index >= 15 is 0 Å². The highest BCUT2D eigenvalue weighted by Gasteiger charge is 2.23. The lowest BCUT2D eigenvalue weighted by molar-refractivity contribution is 0.627. The molecule has 0 fully saturated rings. The van der Waals surface area contributed by atoms with Crippen LogP contribution in [0.5, 0.6) is 0 Å². The fourth-order valence-electron chi connectivity index (χ4n) is 3.36. The number of hydrogen-bond donors (Lipinski definition) is 0. The summed E-state index contributed by atoms with van der Waals surface area (Å²) in [5.41, 5.74) is 4.36. The molecule has 1 aliphatic heterocycles. The molecule has 0 bridgehead atoms. The van der Waals surface area contributed by atoms with Gasteiger partial charge in [-0.3, -0.25) is 0 Å². The summed E-state index contributed by atoms with van der Waals surface area (Å²) < 4.78 is 15.1. The Kier molecular flexibility index (Phi) is 5.31. The summed E-state index contributed by atoms with van der Waals surface area (Å²) in [4.78, 5) is 0. The molecular formula is C22H23FN4S. The van der Waals surface area contributed by atoms with Crippen molar-refractivity contribution in [2.75, 3.05) is 5.75 Å². The van der Waals surface area contributed by atoms with Crippen LogP contribution in [0.25, 0.3) is 0 Å². The number of hydrogen-bond acceptors (Lipinski definition) is 4. The number of rotatable bonds is 5. The van der Waals surface area contributed by atoms with E-state index in [0.717, 1.165) is 28.7 Å². The second kappa shape index (κ2) is 7.87. The van der Waals surface area contributed by atoms with Gasteiger partial charge in [0, 0.05) is 11.7 Å². The third-order valence-electron chi connectivity index (χ3n) is 4.88. The number of nitrogens with zero attached hydrogens (tertiary/aromatic N) is 4. The molecule has 144 valence electrons. The van der Waals surface area contributed by atoms with Crippen LogP contribution >= 0.6 is 11.8 Å². The van der Waals surface area contributed by atoms with Crippen molar-refractivity contribution in [1.82, 2.24) is 14.9 Å². The van der Waals surface area contributed by atoms with Gasteiger partial charge in [-0.2, -0.15) is 9.78 Å². The zero-order valence-electron chi connectivity index (χ0n) is 16.3. The van der Waals surface area contributed by atoms with Crippen molar-refractivity contribution in [2.45, 2.75) is 38.3 Å². The maximum absolute atomic E-state index is 13.2. The van der Waals surface area contributed by atoms with Crippen LogP contribution in [0.4, 0.5) is 4.39 Å². The second-order valence-corrected chi connectivity index (χ2v) is 8.50. The van der Waals surface area contributed by atoms with Gasteiger partial charge in [0.1, 0.15) is 5.82 Å². The summed E-state index contributed by atoms with van der Waals surface area (Å²) in [6.45, 7) is 6.59. The average Bonchev–Trinajstić information content (AvgIpc) is 3.11. The van der Waals surface area contributed by atoms with Crippen LogP contribution in [0.15, 0.2) is 58.8 Å². The Morgan fingerprint density at radius 1 is 1.00 bits per heavy atom. The van der Waals surface area contributed by atoms with Gasteiger partial charge in [0.2, 0.25) is 5.16 Å². The summed E-state index contributed by atoms with van der Waals surface area (Å²) in [6.07, 6.45) is 1.08. The quantitative estimate of drug-likeness (QED) is 0.603. The minimum atomic E-state index is -0.243. The van der Waals surface area contributed by atoms with E-state index in [-0.39, 0.29) is 11.7 Å². The van der Waals surface area contributed by atoms with E-state index in [9.17, 15) is 4.39 Å². The van der Waals surface area contributed by atoms with Crippen molar-refractivity contribution in [3.05, 3.63) is 76.9 Å². The highest BCUT2D eigenvalue weighted by Crippen LogP contribution is 2.30. The predicted molar refractivity (Wildman–Crippen MR) is 112 cm³/mol. The first-order valence-corrected chi connectivity index (χ1v) is 10.5. The monoisotopic (exact) mass is 394 g/mol. The number of aromatic nitrogens is 3. The number of thioether (sulfide) groups is 1. The molecule has 0 N–H and O–H groups in total. The van der Waals surface area contributed by atoms with E-state index in [4.69, 9.17) is 5.10 Å². The van der Waals surface area contributed by atoms with E-state index in [0.29, 0.717) is 11.7 Å². The first-order valence-electron chi connectivity index (χ1n) is 9.52. The fraction of sp³-hybridized carbons (Fsp3) is 0.318. The van der Waals surface area contributed by atoms with Gasteiger partial charge in [-0.1, -0.05) is 68.9 Å². The molecule has 1 atom stereocenters. The summed E-state index contributed by atoms with van der Waals surface area (Å²) in [5, 5.41) is 14.3. The molecule has 28 heavy (non-hydrogen) atoms. The lowest BCUT2D eigenvalue weighted by atomic mass is 9.96. The summed E-state index contributed by atoms with van der Waals surface area (Å²) in [7, 11) is 0. The Hall–Kier alpha value is -2.47. The molecule has 4 nitrogen and oxygen atoms in total. The second-order valence-electron chi connectivity index (χ2n) is 7.56. The van der Waals surface area contributed by atoms with E-state index in [2.05, 4.69) is 55.2 Å².